The zero-order valence-electron chi connectivity index (χ0n) is 16.4. The van der Waals surface area contributed by atoms with E-state index in [2.05, 4.69) is 73.3 Å². The van der Waals surface area contributed by atoms with Crippen LogP contribution >= 0.6 is 0 Å². The van der Waals surface area contributed by atoms with Crippen LogP contribution in [-0.4, -0.2) is 42.6 Å². The van der Waals surface area contributed by atoms with Crippen LogP contribution in [0.25, 0.3) is 11.6 Å². The van der Waals surface area contributed by atoms with Crippen molar-refractivity contribution in [3.8, 4) is 11.6 Å². The van der Waals surface area contributed by atoms with E-state index in [1.54, 1.807) is 12.5 Å². The van der Waals surface area contributed by atoms with Gasteiger partial charge in [-0.3, -0.25) is 14.0 Å². The van der Waals surface area contributed by atoms with Crippen LogP contribution in [0.1, 0.15) is 39.0 Å². The molecule has 2 aromatic heterocycles. The van der Waals surface area contributed by atoms with Gasteiger partial charge < -0.3 is 0 Å². The fourth-order valence-electron chi connectivity index (χ4n) is 3.44. The van der Waals surface area contributed by atoms with Gasteiger partial charge in [-0.25, -0.2) is 9.97 Å². The summed E-state index contributed by atoms with van der Waals surface area (Å²) in [6.45, 7) is 12.2. The quantitative estimate of drug-likeness (QED) is 0.645. The van der Waals surface area contributed by atoms with E-state index in [1.807, 2.05) is 17.0 Å². The standard InChI is InChI=1S/C21H29N5/c1-16(2)25(17(3)4)12-10-20-14-23-21(24-13-11-22-15-24)26(20)19-8-6-18(5)7-9-19/h6-9,11,13-17H,10,12H2,1-5H3. The van der Waals surface area contributed by atoms with Gasteiger partial charge in [0.05, 0.1) is 6.20 Å². The van der Waals surface area contributed by atoms with Crippen LogP contribution in [0.5, 0.6) is 0 Å². The monoisotopic (exact) mass is 351 g/mol. The molecule has 2 heterocycles. The van der Waals surface area contributed by atoms with Crippen molar-refractivity contribution in [2.45, 2.75) is 53.1 Å². The van der Waals surface area contributed by atoms with Gasteiger partial charge in [0, 0.05) is 48.8 Å². The molecule has 0 unspecified atom stereocenters. The summed E-state index contributed by atoms with van der Waals surface area (Å²) in [7, 11) is 0. The van der Waals surface area contributed by atoms with Gasteiger partial charge in [-0.05, 0) is 46.8 Å². The summed E-state index contributed by atoms with van der Waals surface area (Å²) < 4.78 is 4.20. The van der Waals surface area contributed by atoms with Crippen LogP contribution in [-0.2, 0) is 6.42 Å². The maximum absolute atomic E-state index is 4.69. The Morgan fingerprint density at radius 3 is 2.31 bits per heavy atom. The molecule has 5 heteroatoms. The maximum Gasteiger partial charge on any atom is 0.219 e. The summed E-state index contributed by atoms with van der Waals surface area (Å²) >= 11 is 0. The van der Waals surface area contributed by atoms with Gasteiger partial charge in [0.1, 0.15) is 6.33 Å². The fraction of sp³-hybridized carbons (Fsp3) is 0.429. The zero-order chi connectivity index (χ0) is 18.7. The van der Waals surface area contributed by atoms with Crippen molar-refractivity contribution in [3.63, 3.8) is 0 Å². The molecule has 0 bridgehead atoms. The number of hydrogen-bond acceptors (Lipinski definition) is 3. The highest BCUT2D eigenvalue weighted by molar-refractivity contribution is 5.41. The molecule has 0 aliphatic rings. The molecule has 0 radical (unpaired) electrons. The van der Waals surface area contributed by atoms with Crippen molar-refractivity contribution in [2.24, 2.45) is 0 Å². The number of nitrogens with zero attached hydrogens (tertiary/aromatic N) is 5. The van der Waals surface area contributed by atoms with E-state index in [0.29, 0.717) is 12.1 Å². The van der Waals surface area contributed by atoms with Crippen molar-refractivity contribution >= 4 is 0 Å². The Kier molecular flexibility index (Phi) is 5.57. The first-order chi connectivity index (χ1) is 12.5. The third-order valence-electron chi connectivity index (χ3n) is 4.80. The van der Waals surface area contributed by atoms with E-state index in [0.717, 1.165) is 24.6 Å². The number of hydrogen-bond donors (Lipinski definition) is 0. The average Bonchev–Trinajstić information content (AvgIpc) is 3.24. The van der Waals surface area contributed by atoms with E-state index >= 15 is 0 Å². The normalized spacial score (nSPS) is 11.8. The van der Waals surface area contributed by atoms with Crippen LogP contribution < -0.4 is 0 Å². The molecule has 3 aromatic rings. The highest BCUT2D eigenvalue weighted by Crippen LogP contribution is 2.20. The van der Waals surface area contributed by atoms with Gasteiger partial charge in [0.25, 0.3) is 0 Å². The Balaban J connectivity index is 1.96. The molecule has 1 aromatic carbocycles. The molecule has 0 aliphatic carbocycles. The smallest absolute Gasteiger partial charge is 0.219 e. The van der Waals surface area contributed by atoms with E-state index < -0.39 is 0 Å². The van der Waals surface area contributed by atoms with Gasteiger partial charge in [0.2, 0.25) is 5.95 Å². The minimum absolute atomic E-state index is 0.527. The highest BCUT2D eigenvalue weighted by Gasteiger charge is 2.17. The number of rotatable bonds is 7. The first-order valence-corrected chi connectivity index (χ1v) is 9.35. The molecule has 0 saturated carbocycles. The maximum atomic E-state index is 4.69. The Hall–Kier alpha value is -2.40. The molecule has 3 rings (SSSR count). The Morgan fingerprint density at radius 1 is 1.04 bits per heavy atom. The first-order valence-electron chi connectivity index (χ1n) is 9.35. The van der Waals surface area contributed by atoms with Crippen LogP contribution in [0.15, 0.2) is 49.2 Å². The van der Waals surface area contributed by atoms with E-state index in [9.17, 15) is 0 Å². The summed E-state index contributed by atoms with van der Waals surface area (Å²) in [6.07, 6.45) is 8.46. The lowest BCUT2D eigenvalue weighted by atomic mass is 10.2. The van der Waals surface area contributed by atoms with Crippen molar-refractivity contribution in [1.82, 2.24) is 24.0 Å². The SMILES string of the molecule is Cc1ccc(-n2c(CCN(C(C)C)C(C)C)cnc2-n2ccnc2)cc1. The molecule has 0 amide bonds. The molecule has 0 spiro atoms. The third-order valence-corrected chi connectivity index (χ3v) is 4.80. The van der Waals surface area contributed by atoms with Gasteiger partial charge in [0.15, 0.2) is 0 Å². The lowest BCUT2D eigenvalue weighted by molar-refractivity contribution is 0.176. The van der Waals surface area contributed by atoms with Crippen LogP contribution in [0.4, 0.5) is 0 Å². The fourth-order valence-corrected chi connectivity index (χ4v) is 3.44. The van der Waals surface area contributed by atoms with Crippen molar-refractivity contribution < 1.29 is 0 Å². The van der Waals surface area contributed by atoms with Gasteiger partial charge >= 0.3 is 0 Å². The van der Waals surface area contributed by atoms with Crippen molar-refractivity contribution in [1.29, 1.82) is 0 Å². The third kappa shape index (κ3) is 3.88. The van der Waals surface area contributed by atoms with Gasteiger partial charge in [-0.1, -0.05) is 17.7 Å². The summed E-state index contributed by atoms with van der Waals surface area (Å²) in [5.74, 6) is 0.877. The first kappa shape index (κ1) is 18.4. The van der Waals surface area contributed by atoms with Gasteiger partial charge in [-0.15, -0.1) is 0 Å². The molecule has 0 aliphatic heterocycles. The second-order valence-electron chi connectivity index (χ2n) is 7.37. The summed E-state index contributed by atoms with van der Waals surface area (Å²) in [6, 6.07) is 9.65. The summed E-state index contributed by atoms with van der Waals surface area (Å²) in [5.41, 5.74) is 3.60. The largest absolute Gasteiger partial charge is 0.298 e. The molecule has 0 fully saturated rings. The van der Waals surface area contributed by atoms with Crippen molar-refractivity contribution in [3.05, 3.63) is 60.4 Å². The number of aromatic nitrogens is 4. The van der Waals surface area contributed by atoms with Crippen molar-refractivity contribution in [2.75, 3.05) is 6.54 Å². The summed E-state index contributed by atoms with van der Waals surface area (Å²) in [5, 5.41) is 0. The molecular weight excluding hydrogens is 322 g/mol. The minimum Gasteiger partial charge on any atom is -0.298 e. The summed E-state index contributed by atoms with van der Waals surface area (Å²) in [4.78, 5) is 11.4. The highest BCUT2D eigenvalue weighted by atomic mass is 15.3. The topological polar surface area (TPSA) is 38.9 Å². The number of imidazole rings is 2. The second kappa shape index (κ2) is 7.87. The lowest BCUT2D eigenvalue weighted by Crippen LogP contribution is -2.38. The van der Waals surface area contributed by atoms with Crippen LogP contribution in [0.2, 0.25) is 0 Å². The molecule has 138 valence electrons. The number of aryl methyl sites for hydroxylation is 1. The Labute approximate surface area is 156 Å². The second-order valence-corrected chi connectivity index (χ2v) is 7.37. The lowest BCUT2D eigenvalue weighted by Gasteiger charge is -2.30. The minimum atomic E-state index is 0.527. The molecular formula is C21H29N5. The van der Waals surface area contributed by atoms with E-state index in [1.165, 1.54) is 11.3 Å². The molecule has 26 heavy (non-hydrogen) atoms. The van der Waals surface area contributed by atoms with E-state index in [-0.39, 0.29) is 0 Å². The Bertz CT molecular complexity index is 805. The number of benzene rings is 1. The van der Waals surface area contributed by atoms with Gasteiger partial charge in [-0.2, -0.15) is 0 Å². The molecule has 0 N–H and O–H groups in total. The Morgan fingerprint density at radius 2 is 1.73 bits per heavy atom. The van der Waals surface area contributed by atoms with Crippen LogP contribution in [0.3, 0.4) is 0 Å². The molecule has 5 nitrogen and oxygen atoms in total. The molecule has 0 saturated heterocycles. The zero-order valence-corrected chi connectivity index (χ0v) is 16.4. The van der Waals surface area contributed by atoms with Crippen LogP contribution in [0, 0.1) is 6.92 Å². The van der Waals surface area contributed by atoms with E-state index in [4.69, 9.17) is 4.98 Å². The molecule has 0 atom stereocenters. The average molecular weight is 351 g/mol. The predicted octanol–water partition coefficient (Wildman–Crippen LogP) is 4.03. The predicted molar refractivity (Wildman–Crippen MR) is 106 cm³/mol.